The molecule has 4 fully saturated rings. The van der Waals surface area contributed by atoms with Crippen LogP contribution in [0.4, 0.5) is 0 Å². The molecule has 0 aromatic carbocycles. The molecule has 0 amide bonds. The molecule has 4 saturated carbocycles. The Labute approximate surface area is 244 Å². The van der Waals surface area contributed by atoms with Gasteiger partial charge in [-0.1, -0.05) is 20.8 Å². The second-order valence-electron chi connectivity index (χ2n) is 14.8. The van der Waals surface area contributed by atoms with E-state index in [-0.39, 0.29) is 41.0 Å². The average Bonchev–Trinajstić information content (AvgIpc) is 3.26. The summed E-state index contributed by atoms with van der Waals surface area (Å²) in [5.41, 5.74) is 5.58. The van der Waals surface area contributed by atoms with Crippen LogP contribution >= 0.6 is 0 Å². The van der Waals surface area contributed by atoms with E-state index >= 15 is 0 Å². The fourth-order valence-corrected chi connectivity index (χ4v) is 10.1. The Morgan fingerprint density at radius 1 is 1.00 bits per heavy atom. The van der Waals surface area contributed by atoms with Crippen LogP contribution in [0.2, 0.25) is 0 Å². The number of rotatable bonds is 13. The first-order valence-electron chi connectivity index (χ1n) is 16.7. The van der Waals surface area contributed by atoms with Gasteiger partial charge >= 0.3 is 5.97 Å². The fourth-order valence-electron chi connectivity index (χ4n) is 10.1. The molecule has 0 radical (unpaired) electrons. The van der Waals surface area contributed by atoms with E-state index in [4.69, 9.17) is 10.5 Å². The lowest BCUT2D eigenvalue weighted by molar-refractivity contribution is -0.202. The molecule has 0 heterocycles. The maximum Gasteiger partial charge on any atom is 0.306 e. The Hall–Kier alpha value is -0.730. The summed E-state index contributed by atoms with van der Waals surface area (Å²) < 4.78 is 5.38. The summed E-state index contributed by atoms with van der Waals surface area (Å²) in [6, 6.07) is 0.531. The van der Waals surface area contributed by atoms with Gasteiger partial charge in [0.1, 0.15) is 0 Å². The van der Waals surface area contributed by atoms with Gasteiger partial charge in [0, 0.05) is 12.5 Å². The molecule has 232 valence electrons. The van der Waals surface area contributed by atoms with Crippen LogP contribution in [0.1, 0.15) is 105 Å². The van der Waals surface area contributed by atoms with Crippen molar-refractivity contribution in [3.05, 3.63) is 0 Å². The van der Waals surface area contributed by atoms with Crippen molar-refractivity contribution in [1.29, 1.82) is 0 Å². The topological polar surface area (TPSA) is 117 Å². The van der Waals surface area contributed by atoms with Crippen LogP contribution in [0.3, 0.4) is 0 Å². The van der Waals surface area contributed by atoms with Crippen LogP contribution < -0.4 is 16.4 Å². The van der Waals surface area contributed by atoms with Crippen molar-refractivity contribution in [2.24, 2.45) is 52.1 Å². The number of aliphatic hydroxyl groups excluding tert-OH is 2. The Kier molecular flexibility index (Phi) is 11.0. The summed E-state index contributed by atoms with van der Waals surface area (Å²) in [6.07, 6.45) is 10.1. The van der Waals surface area contributed by atoms with E-state index < -0.39 is 0 Å². The van der Waals surface area contributed by atoms with Crippen LogP contribution in [0.25, 0.3) is 0 Å². The van der Waals surface area contributed by atoms with Gasteiger partial charge in [-0.15, -0.1) is 0 Å². The third-order valence-corrected chi connectivity index (χ3v) is 12.2. The van der Waals surface area contributed by atoms with Crippen molar-refractivity contribution in [1.82, 2.24) is 10.6 Å². The van der Waals surface area contributed by atoms with Crippen molar-refractivity contribution in [2.75, 3.05) is 26.2 Å². The number of hydrogen-bond acceptors (Lipinski definition) is 7. The first-order valence-corrected chi connectivity index (χ1v) is 16.7. The van der Waals surface area contributed by atoms with Gasteiger partial charge in [0.05, 0.1) is 18.3 Å². The zero-order valence-corrected chi connectivity index (χ0v) is 26.2. The van der Waals surface area contributed by atoms with Crippen LogP contribution in [-0.2, 0) is 9.53 Å². The van der Waals surface area contributed by atoms with Crippen molar-refractivity contribution in [3.63, 3.8) is 0 Å². The predicted octanol–water partition coefficient (Wildman–Crippen LogP) is 4.24. The molecule has 0 aliphatic heterocycles. The van der Waals surface area contributed by atoms with E-state index in [0.717, 1.165) is 77.5 Å². The lowest BCUT2D eigenvalue weighted by atomic mass is 9.43. The lowest BCUT2D eigenvalue weighted by Crippen LogP contribution is -2.62. The molecule has 0 bridgehead atoms. The van der Waals surface area contributed by atoms with Crippen LogP contribution in [0.15, 0.2) is 0 Å². The number of carbonyl (C=O) groups is 1. The third kappa shape index (κ3) is 6.59. The van der Waals surface area contributed by atoms with Gasteiger partial charge in [-0.25, -0.2) is 0 Å². The lowest BCUT2D eigenvalue weighted by Gasteiger charge is -2.63. The number of carbonyl (C=O) groups excluding carboxylic acids is 1. The highest BCUT2D eigenvalue weighted by molar-refractivity contribution is 5.69. The molecule has 7 heteroatoms. The van der Waals surface area contributed by atoms with Gasteiger partial charge < -0.3 is 31.3 Å². The molecule has 0 aromatic rings. The minimum Gasteiger partial charge on any atom is -0.463 e. The van der Waals surface area contributed by atoms with E-state index in [2.05, 4.69) is 31.4 Å². The Balaban J connectivity index is 1.36. The van der Waals surface area contributed by atoms with Crippen molar-refractivity contribution in [2.45, 2.75) is 130 Å². The van der Waals surface area contributed by atoms with Gasteiger partial charge in [-0.2, -0.15) is 0 Å². The number of fused-ring (bicyclic) bond motifs is 5. The molecule has 0 aromatic heterocycles. The summed E-state index contributed by atoms with van der Waals surface area (Å²) in [5.74, 6) is 2.14. The first kappa shape index (κ1) is 32.2. The Morgan fingerprint density at radius 3 is 2.48 bits per heavy atom. The van der Waals surface area contributed by atoms with E-state index in [1.807, 2.05) is 13.8 Å². The standard InChI is InChI=1S/C33H61N3O4/c1-21(2)40-30(39)11-8-22(3)25-9-10-26-31-27(20-29(38)33(25,26)5)32(4)13-12-24(18-23(32)19-28(31)37)36-17-7-16-35-15-6-14-34/h21-29,31,35-38H,6-20,34H2,1-5H3/t22-,23?,24+,25-,26?,27?,28-,29+,31?,32+,33-/m1/s1. The molecule has 7 nitrogen and oxygen atoms in total. The molecule has 4 aliphatic rings. The third-order valence-electron chi connectivity index (χ3n) is 12.2. The summed E-state index contributed by atoms with van der Waals surface area (Å²) >= 11 is 0. The molecule has 0 spiro atoms. The summed E-state index contributed by atoms with van der Waals surface area (Å²) in [5, 5.41) is 30.9. The molecule has 4 rings (SSSR count). The largest absolute Gasteiger partial charge is 0.463 e. The maximum atomic E-state index is 12.2. The number of nitrogens with one attached hydrogen (secondary N) is 2. The zero-order chi connectivity index (χ0) is 29.1. The monoisotopic (exact) mass is 563 g/mol. The Bertz CT molecular complexity index is 826. The van der Waals surface area contributed by atoms with Gasteiger partial charge in [0.15, 0.2) is 0 Å². The van der Waals surface area contributed by atoms with Gasteiger partial charge in [0.2, 0.25) is 0 Å². The number of ether oxygens (including phenoxy) is 1. The van der Waals surface area contributed by atoms with Crippen LogP contribution in [-0.4, -0.2) is 66.7 Å². The van der Waals surface area contributed by atoms with Crippen molar-refractivity contribution >= 4 is 5.97 Å². The summed E-state index contributed by atoms with van der Waals surface area (Å²) in [6.45, 7) is 14.7. The molecular formula is C33H61N3O4. The highest BCUT2D eigenvalue weighted by Gasteiger charge is 2.65. The van der Waals surface area contributed by atoms with Gasteiger partial charge in [-0.3, -0.25) is 4.79 Å². The van der Waals surface area contributed by atoms with E-state index in [0.29, 0.717) is 42.1 Å². The summed E-state index contributed by atoms with van der Waals surface area (Å²) in [4.78, 5) is 12.2. The molecule has 4 unspecified atom stereocenters. The average molecular weight is 564 g/mol. The van der Waals surface area contributed by atoms with E-state index in [9.17, 15) is 15.0 Å². The van der Waals surface area contributed by atoms with E-state index in [1.165, 1.54) is 12.8 Å². The van der Waals surface area contributed by atoms with Crippen LogP contribution in [0, 0.1) is 46.3 Å². The minimum absolute atomic E-state index is 0.0778. The van der Waals surface area contributed by atoms with E-state index in [1.54, 1.807) is 0 Å². The summed E-state index contributed by atoms with van der Waals surface area (Å²) in [7, 11) is 0. The zero-order valence-electron chi connectivity index (χ0n) is 26.2. The smallest absolute Gasteiger partial charge is 0.306 e. The molecule has 11 atom stereocenters. The second-order valence-corrected chi connectivity index (χ2v) is 14.8. The van der Waals surface area contributed by atoms with Gasteiger partial charge in [-0.05, 0) is 151 Å². The van der Waals surface area contributed by atoms with Crippen LogP contribution in [0.5, 0.6) is 0 Å². The quantitative estimate of drug-likeness (QED) is 0.168. The minimum atomic E-state index is -0.346. The molecule has 6 N–H and O–H groups in total. The maximum absolute atomic E-state index is 12.2. The van der Waals surface area contributed by atoms with Gasteiger partial charge in [0.25, 0.3) is 0 Å². The number of nitrogens with two attached hydrogens (primary N) is 1. The molecule has 40 heavy (non-hydrogen) atoms. The SMILES string of the molecule is CC(C)OC(=O)CC[C@@H](C)[C@H]1CCC2C3C(C[C@H](O)[C@@]21C)[C@@]1(C)CC[C@H](NCCCNCCCN)CC1C[C@H]3O. The molecule has 4 aliphatic carbocycles. The highest BCUT2D eigenvalue weighted by atomic mass is 16.5. The number of hydrogen-bond donors (Lipinski definition) is 5. The first-order chi connectivity index (χ1) is 19.0. The highest BCUT2D eigenvalue weighted by Crippen LogP contribution is 2.68. The normalized spacial score (nSPS) is 41.7. The Morgan fingerprint density at radius 2 is 1.75 bits per heavy atom. The molecular weight excluding hydrogens is 502 g/mol. The molecule has 0 saturated heterocycles. The van der Waals surface area contributed by atoms with Crippen molar-refractivity contribution in [3.8, 4) is 0 Å². The fraction of sp³-hybridized carbons (Fsp3) is 0.970. The second kappa shape index (κ2) is 13.7. The number of esters is 1. The number of aliphatic hydroxyl groups is 2. The predicted molar refractivity (Wildman–Crippen MR) is 161 cm³/mol. The van der Waals surface area contributed by atoms with Crippen molar-refractivity contribution < 1.29 is 19.7 Å².